The number of nitrogens with zero attached hydrogens (tertiary/aromatic N) is 2. The Morgan fingerprint density at radius 3 is 2.67 bits per heavy atom. The third-order valence-electron chi connectivity index (χ3n) is 2.75. The third-order valence-corrected chi connectivity index (χ3v) is 2.75. The molecule has 0 unspecified atom stereocenters. The van der Waals surface area contributed by atoms with Crippen molar-refractivity contribution in [3.05, 3.63) is 41.5 Å². The predicted molar refractivity (Wildman–Crippen MR) is 57.6 cm³/mol. The third kappa shape index (κ3) is 1.75. The monoisotopic (exact) mass is 194 g/mol. The lowest BCUT2D eigenvalue weighted by Gasteiger charge is -2.06. The van der Waals surface area contributed by atoms with Gasteiger partial charge in [-0.15, -0.1) is 0 Å². The second-order valence-corrected chi connectivity index (χ2v) is 3.78. The Bertz CT molecular complexity index is 482. The number of nitriles is 2. The average Bonchev–Trinajstić information content (AvgIpc) is 3.08. The molecule has 2 rings (SSSR count). The van der Waals surface area contributed by atoms with Crippen LogP contribution in [0.15, 0.2) is 30.3 Å². The van der Waals surface area contributed by atoms with E-state index in [1.807, 2.05) is 30.3 Å². The van der Waals surface area contributed by atoms with Crippen LogP contribution in [0.5, 0.6) is 0 Å². The van der Waals surface area contributed by atoms with Crippen molar-refractivity contribution in [1.29, 1.82) is 10.5 Å². The lowest BCUT2D eigenvalue weighted by atomic mass is 9.96. The van der Waals surface area contributed by atoms with E-state index < -0.39 is 0 Å². The molecule has 0 saturated heterocycles. The van der Waals surface area contributed by atoms with Gasteiger partial charge < -0.3 is 0 Å². The summed E-state index contributed by atoms with van der Waals surface area (Å²) >= 11 is 0. The summed E-state index contributed by atoms with van der Waals surface area (Å²) in [5.74, 6) is 0. The first-order chi connectivity index (χ1) is 7.30. The van der Waals surface area contributed by atoms with Crippen LogP contribution < -0.4 is 0 Å². The standard InChI is InChI=1S/C13H10N2/c14-8-2-4-11-3-1-5-12(9-11)13(10-15)6-7-13/h1-5,9H,6-7H2. The number of hydrogen-bond donors (Lipinski definition) is 0. The van der Waals surface area contributed by atoms with Crippen LogP contribution in [0, 0.1) is 22.7 Å². The molecular weight excluding hydrogens is 184 g/mol. The van der Waals surface area contributed by atoms with Crippen molar-refractivity contribution in [3.8, 4) is 12.1 Å². The fraction of sp³-hybridized carbons (Fsp3) is 0.231. The minimum absolute atomic E-state index is 0.240. The lowest BCUT2D eigenvalue weighted by Crippen LogP contribution is -2.01. The maximum Gasteiger partial charge on any atom is 0.0912 e. The summed E-state index contributed by atoms with van der Waals surface area (Å²) in [7, 11) is 0. The summed E-state index contributed by atoms with van der Waals surface area (Å²) in [6.07, 6.45) is 5.12. The lowest BCUT2D eigenvalue weighted by molar-refractivity contribution is 0.908. The molecule has 1 aliphatic rings. The highest BCUT2D eigenvalue weighted by Crippen LogP contribution is 2.47. The Morgan fingerprint density at radius 1 is 1.27 bits per heavy atom. The average molecular weight is 194 g/mol. The molecule has 0 amide bonds. The number of rotatable bonds is 2. The molecule has 0 bridgehead atoms. The van der Waals surface area contributed by atoms with E-state index in [0.29, 0.717) is 0 Å². The Kier molecular flexibility index (Phi) is 2.27. The van der Waals surface area contributed by atoms with Gasteiger partial charge in [-0.2, -0.15) is 10.5 Å². The summed E-state index contributed by atoms with van der Waals surface area (Å²) in [6.45, 7) is 0. The largest absolute Gasteiger partial charge is 0.197 e. The summed E-state index contributed by atoms with van der Waals surface area (Å²) in [4.78, 5) is 0. The highest BCUT2D eigenvalue weighted by molar-refractivity contribution is 5.55. The van der Waals surface area contributed by atoms with Gasteiger partial charge in [-0.05, 0) is 30.0 Å². The summed E-state index contributed by atoms with van der Waals surface area (Å²) in [6, 6.07) is 12.2. The van der Waals surface area contributed by atoms with Gasteiger partial charge in [0.25, 0.3) is 0 Å². The van der Waals surface area contributed by atoms with E-state index in [4.69, 9.17) is 10.5 Å². The molecule has 0 atom stereocenters. The van der Waals surface area contributed by atoms with Crippen molar-refractivity contribution in [1.82, 2.24) is 0 Å². The SMILES string of the molecule is N#CC=Cc1cccc(C2(C#N)CC2)c1. The van der Waals surface area contributed by atoms with Crippen molar-refractivity contribution in [2.75, 3.05) is 0 Å². The van der Waals surface area contributed by atoms with Gasteiger partial charge in [0.15, 0.2) is 0 Å². The molecule has 1 aromatic carbocycles. The van der Waals surface area contributed by atoms with Gasteiger partial charge in [0.2, 0.25) is 0 Å². The van der Waals surface area contributed by atoms with Gasteiger partial charge in [0, 0.05) is 6.08 Å². The fourth-order valence-corrected chi connectivity index (χ4v) is 1.66. The van der Waals surface area contributed by atoms with Crippen LogP contribution >= 0.6 is 0 Å². The molecule has 1 aliphatic carbocycles. The van der Waals surface area contributed by atoms with Gasteiger partial charge in [-0.25, -0.2) is 0 Å². The smallest absolute Gasteiger partial charge is 0.0912 e. The van der Waals surface area contributed by atoms with E-state index in [9.17, 15) is 0 Å². The number of benzene rings is 1. The molecule has 72 valence electrons. The highest BCUT2D eigenvalue weighted by Gasteiger charge is 2.44. The van der Waals surface area contributed by atoms with Gasteiger partial charge in [0.05, 0.1) is 17.6 Å². The van der Waals surface area contributed by atoms with Crippen LogP contribution in [0.4, 0.5) is 0 Å². The van der Waals surface area contributed by atoms with E-state index >= 15 is 0 Å². The molecule has 0 aromatic heterocycles. The Balaban J connectivity index is 2.33. The van der Waals surface area contributed by atoms with E-state index in [2.05, 4.69) is 6.07 Å². The quantitative estimate of drug-likeness (QED) is 0.679. The normalized spacial score (nSPS) is 16.9. The first kappa shape index (κ1) is 9.49. The molecular formula is C13H10N2. The van der Waals surface area contributed by atoms with E-state index in [0.717, 1.165) is 24.0 Å². The van der Waals surface area contributed by atoms with E-state index in [1.54, 1.807) is 6.08 Å². The highest BCUT2D eigenvalue weighted by atomic mass is 14.5. The van der Waals surface area contributed by atoms with Crippen molar-refractivity contribution in [3.63, 3.8) is 0 Å². The molecule has 0 heterocycles. The van der Waals surface area contributed by atoms with Crippen LogP contribution in [-0.4, -0.2) is 0 Å². The van der Waals surface area contributed by atoms with Crippen LogP contribution in [0.25, 0.3) is 6.08 Å². The first-order valence-corrected chi connectivity index (χ1v) is 4.89. The van der Waals surface area contributed by atoms with E-state index in [-0.39, 0.29) is 5.41 Å². The van der Waals surface area contributed by atoms with Crippen molar-refractivity contribution in [2.24, 2.45) is 0 Å². The van der Waals surface area contributed by atoms with Crippen molar-refractivity contribution in [2.45, 2.75) is 18.3 Å². The Hall–Kier alpha value is -2.06. The maximum absolute atomic E-state index is 9.06. The summed E-state index contributed by atoms with van der Waals surface area (Å²) in [5.41, 5.74) is 1.82. The Morgan fingerprint density at radius 2 is 2.07 bits per heavy atom. The van der Waals surface area contributed by atoms with Crippen LogP contribution in [-0.2, 0) is 5.41 Å². The van der Waals surface area contributed by atoms with E-state index in [1.165, 1.54) is 6.08 Å². The van der Waals surface area contributed by atoms with Gasteiger partial charge >= 0.3 is 0 Å². The first-order valence-electron chi connectivity index (χ1n) is 4.89. The number of allylic oxidation sites excluding steroid dienone is 1. The van der Waals surface area contributed by atoms with Gasteiger partial charge in [0.1, 0.15) is 0 Å². The molecule has 0 radical (unpaired) electrons. The molecule has 0 N–H and O–H groups in total. The minimum atomic E-state index is -0.240. The molecule has 15 heavy (non-hydrogen) atoms. The molecule has 0 aliphatic heterocycles. The topological polar surface area (TPSA) is 47.6 Å². The van der Waals surface area contributed by atoms with Crippen molar-refractivity contribution >= 4 is 6.08 Å². The number of hydrogen-bond acceptors (Lipinski definition) is 2. The van der Waals surface area contributed by atoms with Gasteiger partial charge in [-0.1, -0.05) is 24.3 Å². The van der Waals surface area contributed by atoms with Crippen LogP contribution in [0.2, 0.25) is 0 Å². The second kappa shape index (κ2) is 3.59. The molecule has 1 saturated carbocycles. The molecule has 1 aromatic rings. The molecule has 2 heteroatoms. The zero-order valence-electron chi connectivity index (χ0n) is 8.27. The van der Waals surface area contributed by atoms with Gasteiger partial charge in [-0.3, -0.25) is 0 Å². The molecule has 1 fully saturated rings. The molecule has 0 spiro atoms. The maximum atomic E-state index is 9.06. The molecule has 2 nitrogen and oxygen atoms in total. The summed E-state index contributed by atoms with van der Waals surface area (Å²) in [5, 5.41) is 17.5. The van der Waals surface area contributed by atoms with Crippen LogP contribution in [0.3, 0.4) is 0 Å². The predicted octanol–water partition coefficient (Wildman–Crippen LogP) is 2.78. The fourth-order valence-electron chi connectivity index (χ4n) is 1.66. The summed E-state index contributed by atoms with van der Waals surface area (Å²) < 4.78 is 0. The zero-order chi connectivity index (χ0) is 10.7. The van der Waals surface area contributed by atoms with Crippen LogP contribution in [0.1, 0.15) is 24.0 Å². The second-order valence-electron chi connectivity index (χ2n) is 3.78. The van der Waals surface area contributed by atoms with Crippen molar-refractivity contribution < 1.29 is 0 Å². The minimum Gasteiger partial charge on any atom is -0.197 e. The Labute approximate surface area is 89.1 Å². The zero-order valence-corrected chi connectivity index (χ0v) is 8.27.